The summed E-state index contributed by atoms with van der Waals surface area (Å²) in [7, 11) is 0. The molecule has 0 aliphatic carbocycles. The second-order valence-corrected chi connectivity index (χ2v) is 4.48. The van der Waals surface area contributed by atoms with E-state index in [1.807, 2.05) is 12.1 Å². The van der Waals surface area contributed by atoms with E-state index in [4.69, 9.17) is 4.74 Å². The van der Waals surface area contributed by atoms with Crippen LogP contribution in [0, 0.1) is 0 Å². The lowest BCUT2D eigenvalue weighted by molar-refractivity contribution is -0.164. The molecule has 1 atom stereocenters. The van der Waals surface area contributed by atoms with Gasteiger partial charge in [-0.15, -0.1) is 0 Å². The molecular formula is C15H16O4. The number of phenolic OH excluding ortho intramolecular Hbond substituents is 1. The van der Waals surface area contributed by atoms with Crippen molar-refractivity contribution in [3.63, 3.8) is 0 Å². The van der Waals surface area contributed by atoms with Gasteiger partial charge in [0.1, 0.15) is 5.75 Å². The van der Waals surface area contributed by atoms with Crippen LogP contribution in [0.1, 0.15) is 19.4 Å². The fourth-order valence-corrected chi connectivity index (χ4v) is 2.03. The number of benzene rings is 2. The van der Waals surface area contributed by atoms with Crippen LogP contribution in [-0.4, -0.2) is 22.8 Å². The zero-order chi connectivity index (χ0) is 14.0. The lowest BCUT2D eigenvalue weighted by Gasteiger charge is -2.23. The first-order valence-electron chi connectivity index (χ1n) is 6.09. The number of carbonyl (C=O) groups is 1. The zero-order valence-electron chi connectivity index (χ0n) is 10.9. The Hall–Kier alpha value is -2.07. The largest absolute Gasteiger partial charge is 0.507 e. The normalized spacial score (nSPS) is 14.1. The highest BCUT2D eigenvalue weighted by Gasteiger charge is 2.36. The van der Waals surface area contributed by atoms with Crippen molar-refractivity contribution >= 4 is 16.7 Å². The molecule has 0 aliphatic rings. The highest BCUT2D eigenvalue weighted by atomic mass is 16.5. The van der Waals surface area contributed by atoms with Crippen molar-refractivity contribution in [2.45, 2.75) is 19.4 Å². The van der Waals surface area contributed by atoms with Crippen molar-refractivity contribution in [1.82, 2.24) is 0 Å². The quantitative estimate of drug-likeness (QED) is 0.831. The van der Waals surface area contributed by atoms with Gasteiger partial charge in [-0.2, -0.15) is 0 Å². The minimum absolute atomic E-state index is 0.101. The fraction of sp³-hybridized carbons (Fsp3) is 0.267. The topological polar surface area (TPSA) is 66.8 Å². The molecule has 0 unspecified atom stereocenters. The molecule has 100 valence electrons. The standard InChI is InChI=1S/C15H16O4/c1-3-19-14(17)15(2,18)12-9-8-10-6-4-5-7-11(10)13(12)16/h4-9,16,18H,3H2,1-2H3/t15-/m1/s1. The highest BCUT2D eigenvalue weighted by molar-refractivity contribution is 5.92. The average Bonchev–Trinajstić information content (AvgIpc) is 2.39. The Kier molecular flexibility index (Phi) is 3.44. The van der Waals surface area contributed by atoms with Crippen LogP contribution in [-0.2, 0) is 15.1 Å². The molecule has 2 aromatic carbocycles. The Labute approximate surface area is 111 Å². The number of carbonyl (C=O) groups excluding carboxylic acids is 1. The van der Waals surface area contributed by atoms with Crippen LogP contribution in [0.25, 0.3) is 10.8 Å². The van der Waals surface area contributed by atoms with Crippen molar-refractivity contribution < 1.29 is 19.7 Å². The minimum Gasteiger partial charge on any atom is -0.507 e. The summed E-state index contributed by atoms with van der Waals surface area (Å²) in [5.41, 5.74) is -1.73. The predicted octanol–water partition coefficient (Wildman–Crippen LogP) is 2.32. The first kappa shape index (κ1) is 13.4. The van der Waals surface area contributed by atoms with Gasteiger partial charge in [0.25, 0.3) is 0 Å². The summed E-state index contributed by atoms with van der Waals surface area (Å²) in [4.78, 5) is 11.8. The van der Waals surface area contributed by atoms with Crippen molar-refractivity contribution in [3.05, 3.63) is 42.0 Å². The summed E-state index contributed by atoms with van der Waals surface area (Å²) >= 11 is 0. The molecular weight excluding hydrogens is 244 g/mol. The van der Waals surface area contributed by atoms with E-state index in [0.29, 0.717) is 5.39 Å². The number of aliphatic hydroxyl groups is 1. The minimum atomic E-state index is -1.87. The first-order valence-corrected chi connectivity index (χ1v) is 6.09. The van der Waals surface area contributed by atoms with E-state index in [9.17, 15) is 15.0 Å². The lowest BCUT2D eigenvalue weighted by Crippen LogP contribution is -2.34. The van der Waals surface area contributed by atoms with Crippen LogP contribution in [0.2, 0.25) is 0 Å². The summed E-state index contributed by atoms with van der Waals surface area (Å²) in [6.07, 6.45) is 0. The molecule has 0 heterocycles. The van der Waals surface area contributed by atoms with E-state index < -0.39 is 11.6 Å². The Morgan fingerprint density at radius 3 is 2.63 bits per heavy atom. The molecule has 0 saturated carbocycles. The van der Waals surface area contributed by atoms with E-state index >= 15 is 0 Å². The van der Waals surface area contributed by atoms with Crippen molar-refractivity contribution in [2.75, 3.05) is 6.61 Å². The molecule has 2 N–H and O–H groups in total. The Morgan fingerprint density at radius 2 is 1.95 bits per heavy atom. The number of hydrogen-bond donors (Lipinski definition) is 2. The van der Waals surface area contributed by atoms with Gasteiger partial charge in [0.2, 0.25) is 0 Å². The van der Waals surface area contributed by atoms with Gasteiger partial charge in [-0.1, -0.05) is 36.4 Å². The highest BCUT2D eigenvalue weighted by Crippen LogP contribution is 2.36. The molecule has 0 aliphatic heterocycles. The van der Waals surface area contributed by atoms with Crippen molar-refractivity contribution in [1.29, 1.82) is 0 Å². The summed E-state index contributed by atoms with van der Waals surface area (Å²) < 4.78 is 4.83. The van der Waals surface area contributed by atoms with Gasteiger partial charge < -0.3 is 14.9 Å². The second-order valence-electron chi connectivity index (χ2n) is 4.48. The molecule has 2 aromatic rings. The van der Waals surface area contributed by atoms with Crippen LogP contribution in [0.5, 0.6) is 5.75 Å². The summed E-state index contributed by atoms with van der Waals surface area (Å²) in [6, 6.07) is 10.5. The smallest absolute Gasteiger partial charge is 0.342 e. The summed E-state index contributed by atoms with van der Waals surface area (Å²) in [5.74, 6) is -0.878. The van der Waals surface area contributed by atoms with E-state index in [1.54, 1.807) is 25.1 Å². The number of ether oxygens (including phenoxy) is 1. The fourth-order valence-electron chi connectivity index (χ4n) is 2.03. The van der Waals surface area contributed by atoms with E-state index in [1.165, 1.54) is 13.0 Å². The first-order chi connectivity index (χ1) is 8.98. The van der Waals surface area contributed by atoms with Crippen molar-refractivity contribution in [3.8, 4) is 5.75 Å². The van der Waals surface area contributed by atoms with Gasteiger partial charge >= 0.3 is 5.97 Å². The molecule has 0 aromatic heterocycles. The Balaban J connectivity index is 2.56. The van der Waals surface area contributed by atoms with Crippen LogP contribution < -0.4 is 0 Å². The van der Waals surface area contributed by atoms with Gasteiger partial charge in [0.05, 0.1) is 6.61 Å². The number of phenols is 1. The average molecular weight is 260 g/mol. The third-order valence-corrected chi connectivity index (χ3v) is 3.10. The maximum Gasteiger partial charge on any atom is 0.342 e. The maximum absolute atomic E-state index is 11.8. The molecule has 4 heteroatoms. The van der Waals surface area contributed by atoms with E-state index in [2.05, 4.69) is 0 Å². The predicted molar refractivity (Wildman–Crippen MR) is 71.8 cm³/mol. The van der Waals surface area contributed by atoms with Gasteiger partial charge in [0, 0.05) is 10.9 Å². The molecule has 0 fully saturated rings. The van der Waals surface area contributed by atoms with Crippen LogP contribution in [0.15, 0.2) is 36.4 Å². The van der Waals surface area contributed by atoms with Crippen LogP contribution in [0.3, 0.4) is 0 Å². The number of fused-ring (bicyclic) bond motifs is 1. The Morgan fingerprint density at radius 1 is 1.26 bits per heavy atom. The molecule has 0 saturated heterocycles. The zero-order valence-corrected chi connectivity index (χ0v) is 10.9. The SMILES string of the molecule is CCOC(=O)[C@](C)(O)c1ccc2ccccc2c1O. The third kappa shape index (κ3) is 2.27. The van der Waals surface area contributed by atoms with Crippen LogP contribution in [0.4, 0.5) is 0 Å². The maximum atomic E-state index is 11.8. The van der Waals surface area contributed by atoms with Gasteiger partial charge in [-0.05, 0) is 19.2 Å². The van der Waals surface area contributed by atoms with Crippen molar-refractivity contribution in [2.24, 2.45) is 0 Å². The molecule has 2 rings (SSSR count). The number of rotatable bonds is 3. The third-order valence-electron chi connectivity index (χ3n) is 3.10. The van der Waals surface area contributed by atoms with Crippen LogP contribution >= 0.6 is 0 Å². The Bertz CT molecular complexity index is 617. The van der Waals surface area contributed by atoms with E-state index in [0.717, 1.165) is 5.39 Å². The number of aromatic hydroxyl groups is 1. The molecule has 19 heavy (non-hydrogen) atoms. The number of hydrogen-bond acceptors (Lipinski definition) is 4. The van der Waals surface area contributed by atoms with E-state index in [-0.39, 0.29) is 17.9 Å². The molecule has 0 amide bonds. The van der Waals surface area contributed by atoms with Gasteiger partial charge in [-0.25, -0.2) is 4.79 Å². The molecule has 4 nitrogen and oxygen atoms in total. The lowest BCUT2D eigenvalue weighted by atomic mass is 9.92. The second kappa shape index (κ2) is 4.90. The number of esters is 1. The monoisotopic (exact) mass is 260 g/mol. The molecule has 0 bridgehead atoms. The molecule has 0 radical (unpaired) electrons. The summed E-state index contributed by atoms with van der Waals surface area (Å²) in [6.45, 7) is 3.15. The summed E-state index contributed by atoms with van der Waals surface area (Å²) in [5, 5.41) is 21.9. The van der Waals surface area contributed by atoms with Gasteiger partial charge in [0.15, 0.2) is 5.60 Å². The molecule has 0 spiro atoms. The van der Waals surface area contributed by atoms with Gasteiger partial charge in [-0.3, -0.25) is 0 Å².